The number of aromatic nitrogens is 2. The third-order valence-corrected chi connectivity index (χ3v) is 3.38. The minimum absolute atomic E-state index is 0.0418. The highest BCUT2D eigenvalue weighted by Gasteiger charge is 2.06. The van der Waals surface area contributed by atoms with Gasteiger partial charge in [0.2, 0.25) is 5.91 Å². The number of ether oxygens (including phenoxy) is 1. The van der Waals surface area contributed by atoms with E-state index in [0.29, 0.717) is 13.0 Å². The van der Waals surface area contributed by atoms with Crippen LogP contribution in [0.15, 0.2) is 30.9 Å². The van der Waals surface area contributed by atoms with E-state index in [4.69, 9.17) is 16.3 Å². The van der Waals surface area contributed by atoms with Gasteiger partial charge in [-0.1, -0.05) is 11.6 Å². The Hall–Kier alpha value is -1.81. The Bertz CT molecular complexity index is 556. The Morgan fingerprint density at radius 2 is 2.05 bits per heavy atom. The van der Waals surface area contributed by atoms with Crippen LogP contribution >= 0.6 is 11.6 Å². The van der Waals surface area contributed by atoms with E-state index in [0.717, 1.165) is 21.9 Å². The molecule has 0 bridgehead atoms. The minimum atomic E-state index is -0.0418. The van der Waals surface area contributed by atoms with Gasteiger partial charge in [0.1, 0.15) is 12.1 Å². The smallest absolute Gasteiger partial charge is 0.235 e. The highest BCUT2D eigenvalue weighted by molar-refractivity contribution is 6.32. The number of imidazole rings is 1. The molecule has 0 aliphatic heterocycles. The molecule has 1 heterocycles. The fraction of sp³-hybridized carbons (Fsp3) is 0.286. The molecule has 19 heavy (non-hydrogen) atoms. The van der Waals surface area contributed by atoms with Crippen LogP contribution in [0.3, 0.4) is 0 Å². The lowest BCUT2D eigenvalue weighted by atomic mass is 10.1. The highest BCUT2D eigenvalue weighted by Crippen LogP contribution is 2.25. The number of carbonyl (C=O) groups excluding carboxylic acids is 1. The number of hydrogen-bond donors (Lipinski definition) is 0. The molecule has 2 rings (SSSR count). The Morgan fingerprint density at radius 1 is 1.37 bits per heavy atom. The molecule has 100 valence electrons. The van der Waals surface area contributed by atoms with Crippen LogP contribution < -0.4 is 4.74 Å². The van der Waals surface area contributed by atoms with E-state index < -0.39 is 0 Å². The number of nitrogens with zero attached hydrogens (tertiary/aromatic N) is 2. The van der Waals surface area contributed by atoms with Gasteiger partial charge in [0.15, 0.2) is 0 Å². The summed E-state index contributed by atoms with van der Waals surface area (Å²) < 4.78 is 7.02. The van der Waals surface area contributed by atoms with Gasteiger partial charge in [-0.2, -0.15) is 0 Å². The van der Waals surface area contributed by atoms with Gasteiger partial charge in [0.05, 0.1) is 13.0 Å². The molecule has 5 heteroatoms. The second-order valence-corrected chi connectivity index (χ2v) is 4.71. The fourth-order valence-corrected chi connectivity index (χ4v) is 1.89. The topological polar surface area (TPSA) is 44.1 Å². The summed E-state index contributed by atoms with van der Waals surface area (Å²) in [4.78, 5) is 15.5. The Kier molecular flexibility index (Phi) is 4.22. The lowest BCUT2D eigenvalue weighted by Gasteiger charge is -2.09. The lowest BCUT2D eigenvalue weighted by Crippen LogP contribution is -2.12. The molecule has 2 aromatic rings. The van der Waals surface area contributed by atoms with Crippen molar-refractivity contribution in [1.29, 1.82) is 0 Å². The molecule has 1 aromatic heterocycles. The average Bonchev–Trinajstić information content (AvgIpc) is 2.89. The van der Waals surface area contributed by atoms with Crippen LogP contribution in [-0.4, -0.2) is 22.1 Å². The van der Waals surface area contributed by atoms with E-state index in [1.807, 2.05) is 26.0 Å². The van der Waals surface area contributed by atoms with E-state index >= 15 is 0 Å². The third kappa shape index (κ3) is 3.35. The molecule has 1 aromatic carbocycles. The van der Waals surface area contributed by atoms with Crippen LogP contribution in [-0.2, 0) is 0 Å². The van der Waals surface area contributed by atoms with E-state index in [-0.39, 0.29) is 5.91 Å². The van der Waals surface area contributed by atoms with Gasteiger partial charge in [-0.05, 0) is 37.1 Å². The molecule has 0 aliphatic rings. The SMILES string of the molecule is Cc1cc(OCCC(=O)n2ccnc2)cc(C)c1Cl. The maximum atomic E-state index is 11.7. The molecule has 0 spiro atoms. The van der Waals surface area contributed by atoms with Crippen LogP contribution in [0.25, 0.3) is 0 Å². The van der Waals surface area contributed by atoms with Gasteiger partial charge in [0, 0.05) is 17.4 Å². The average molecular weight is 279 g/mol. The van der Waals surface area contributed by atoms with Crippen molar-refractivity contribution in [2.45, 2.75) is 20.3 Å². The van der Waals surface area contributed by atoms with Crippen molar-refractivity contribution in [2.24, 2.45) is 0 Å². The highest BCUT2D eigenvalue weighted by atomic mass is 35.5. The van der Waals surface area contributed by atoms with Gasteiger partial charge in [-0.25, -0.2) is 4.98 Å². The first kappa shape index (κ1) is 13.6. The van der Waals surface area contributed by atoms with Crippen LogP contribution in [0.4, 0.5) is 0 Å². The van der Waals surface area contributed by atoms with E-state index in [1.165, 1.54) is 10.9 Å². The maximum Gasteiger partial charge on any atom is 0.235 e. The summed E-state index contributed by atoms with van der Waals surface area (Å²) in [5.41, 5.74) is 1.94. The van der Waals surface area contributed by atoms with E-state index in [1.54, 1.807) is 12.4 Å². The van der Waals surface area contributed by atoms with Gasteiger partial charge < -0.3 is 4.74 Å². The van der Waals surface area contributed by atoms with Crippen LogP contribution in [0, 0.1) is 13.8 Å². The van der Waals surface area contributed by atoms with E-state index in [9.17, 15) is 4.79 Å². The summed E-state index contributed by atoms with van der Waals surface area (Å²) in [6, 6.07) is 3.74. The summed E-state index contributed by atoms with van der Waals surface area (Å²) in [6.07, 6.45) is 4.99. The van der Waals surface area contributed by atoms with Crippen LogP contribution in [0.1, 0.15) is 22.3 Å². The second-order valence-electron chi connectivity index (χ2n) is 4.33. The first-order valence-corrected chi connectivity index (χ1v) is 6.36. The molecule has 0 fully saturated rings. The maximum absolute atomic E-state index is 11.7. The number of aryl methyl sites for hydroxylation is 2. The number of carbonyl (C=O) groups is 1. The van der Waals surface area contributed by atoms with Crippen molar-refractivity contribution < 1.29 is 9.53 Å². The third-order valence-electron chi connectivity index (χ3n) is 2.79. The Balaban J connectivity index is 1.91. The normalized spacial score (nSPS) is 10.5. The fourth-order valence-electron chi connectivity index (χ4n) is 1.78. The number of halogens is 1. The standard InChI is InChI=1S/C14H15ClN2O2/c1-10-7-12(8-11(2)14(10)15)19-6-3-13(18)17-5-4-16-9-17/h4-5,7-9H,3,6H2,1-2H3. The first-order valence-electron chi connectivity index (χ1n) is 5.98. The molecule has 0 amide bonds. The van der Waals surface area contributed by atoms with Gasteiger partial charge in [-0.15, -0.1) is 0 Å². The molecule has 0 saturated carbocycles. The quantitative estimate of drug-likeness (QED) is 0.862. The van der Waals surface area contributed by atoms with Crippen molar-refractivity contribution in [3.8, 4) is 5.75 Å². The van der Waals surface area contributed by atoms with Crippen molar-refractivity contribution in [3.05, 3.63) is 47.0 Å². The molecule has 4 nitrogen and oxygen atoms in total. The first-order chi connectivity index (χ1) is 9.08. The minimum Gasteiger partial charge on any atom is -0.493 e. The van der Waals surface area contributed by atoms with Gasteiger partial charge >= 0.3 is 0 Å². The lowest BCUT2D eigenvalue weighted by molar-refractivity contribution is 0.0881. The summed E-state index contributed by atoms with van der Waals surface area (Å²) in [5, 5.41) is 0.752. The van der Waals surface area contributed by atoms with Crippen molar-refractivity contribution in [3.63, 3.8) is 0 Å². The monoisotopic (exact) mass is 278 g/mol. The zero-order valence-corrected chi connectivity index (χ0v) is 11.6. The summed E-state index contributed by atoms with van der Waals surface area (Å²) >= 11 is 6.08. The largest absolute Gasteiger partial charge is 0.493 e. The predicted octanol–water partition coefficient (Wildman–Crippen LogP) is 3.26. The summed E-state index contributed by atoms with van der Waals surface area (Å²) in [6.45, 7) is 4.19. The van der Waals surface area contributed by atoms with Crippen molar-refractivity contribution >= 4 is 17.5 Å². The van der Waals surface area contributed by atoms with Crippen molar-refractivity contribution in [2.75, 3.05) is 6.61 Å². The molecule has 0 aliphatic carbocycles. The molecule has 0 unspecified atom stereocenters. The van der Waals surface area contributed by atoms with Gasteiger partial charge in [0.25, 0.3) is 0 Å². The molecule has 0 saturated heterocycles. The summed E-state index contributed by atoms with van der Waals surface area (Å²) in [5.74, 6) is 0.692. The predicted molar refractivity (Wildman–Crippen MR) is 73.9 cm³/mol. The molecule has 0 atom stereocenters. The molecule has 0 N–H and O–H groups in total. The van der Waals surface area contributed by atoms with Crippen molar-refractivity contribution in [1.82, 2.24) is 9.55 Å². The second kappa shape index (κ2) is 5.89. The zero-order chi connectivity index (χ0) is 13.8. The molecular formula is C14H15ClN2O2. The summed E-state index contributed by atoms with van der Waals surface area (Å²) in [7, 11) is 0. The zero-order valence-electron chi connectivity index (χ0n) is 10.9. The van der Waals surface area contributed by atoms with Crippen LogP contribution in [0.2, 0.25) is 5.02 Å². The number of rotatable bonds is 4. The van der Waals surface area contributed by atoms with Gasteiger partial charge in [-0.3, -0.25) is 9.36 Å². The number of hydrogen-bond acceptors (Lipinski definition) is 3. The number of benzene rings is 1. The Labute approximate surface area is 117 Å². The Morgan fingerprint density at radius 3 is 2.63 bits per heavy atom. The van der Waals surface area contributed by atoms with Crippen LogP contribution in [0.5, 0.6) is 5.75 Å². The molecular weight excluding hydrogens is 264 g/mol. The van der Waals surface area contributed by atoms with E-state index in [2.05, 4.69) is 4.98 Å². The molecule has 0 radical (unpaired) electrons.